The minimum absolute atomic E-state index is 0.296. The number of hydrogen-bond acceptors (Lipinski definition) is 5. The van der Waals surface area contributed by atoms with E-state index >= 15 is 0 Å². The molecular weight excluding hydrogens is 352 g/mol. The highest BCUT2D eigenvalue weighted by Gasteiger charge is 2.22. The van der Waals surface area contributed by atoms with Crippen LogP contribution >= 0.6 is 0 Å². The number of hydrogen-bond donors (Lipinski definition) is 0. The van der Waals surface area contributed by atoms with Gasteiger partial charge >= 0.3 is 6.09 Å². The fourth-order valence-electron chi connectivity index (χ4n) is 3.35. The topological polar surface area (TPSA) is 58.6 Å². The third-order valence-corrected chi connectivity index (χ3v) is 5.07. The normalized spacial score (nSPS) is 15.0. The highest BCUT2D eigenvalue weighted by molar-refractivity contribution is 5.81. The first-order valence-electron chi connectivity index (χ1n) is 9.63. The number of nitrogens with zero attached hydrogens (tertiary/aromatic N) is 4. The van der Waals surface area contributed by atoms with Gasteiger partial charge in [-0.3, -0.25) is 14.9 Å². The Labute approximate surface area is 164 Å². The second-order valence-corrected chi connectivity index (χ2v) is 7.13. The molecule has 3 aromatic rings. The first-order valence-corrected chi connectivity index (χ1v) is 9.63. The maximum atomic E-state index is 12.5. The van der Waals surface area contributed by atoms with Crippen molar-refractivity contribution in [1.82, 2.24) is 19.8 Å². The van der Waals surface area contributed by atoms with Crippen molar-refractivity contribution in [1.29, 1.82) is 0 Å². The number of aryl methyl sites for hydroxylation is 1. The number of benzene rings is 1. The van der Waals surface area contributed by atoms with Gasteiger partial charge in [-0.25, -0.2) is 4.79 Å². The van der Waals surface area contributed by atoms with E-state index in [2.05, 4.69) is 27.0 Å². The Kier molecular flexibility index (Phi) is 5.48. The Morgan fingerprint density at radius 3 is 2.71 bits per heavy atom. The van der Waals surface area contributed by atoms with Crippen molar-refractivity contribution in [2.24, 2.45) is 0 Å². The van der Waals surface area contributed by atoms with Crippen LogP contribution in [-0.2, 0) is 6.42 Å². The molecule has 0 spiro atoms. The van der Waals surface area contributed by atoms with Gasteiger partial charge in [0.1, 0.15) is 5.75 Å². The standard InChI is InChI=1S/C22H24N4O2/c1-17-4-6-19(24-16-17)8-10-25-11-13-26(14-12-25)22(27)28-20-7-5-18-3-2-9-23-21(18)15-20/h2-7,9,15-16H,8,10-14H2,1H3. The van der Waals surface area contributed by atoms with Crippen LogP contribution in [0, 0.1) is 6.92 Å². The van der Waals surface area contributed by atoms with Crippen molar-refractivity contribution in [2.45, 2.75) is 13.3 Å². The van der Waals surface area contributed by atoms with Crippen LogP contribution in [0.1, 0.15) is 11.3 Å². The molecular formula is C22H24N4O2. The Morgan fingerprint density at radius 1 is 1.07 bits per heavy atom. The largest absolute Gasteiger partial charge is 0.415 e. The van der Waals surface area contributed by atoms with E-state index in [4.69, 9.17) is 4.74 Å². The number of fused-ring (bicyclic) bond motifs is 1. The molecule has 2 aromatic heterocycles. The third kappa shape index (κ3) is 4.46. The van der Waals surface area contributed by atoms with Crippen LogP contribution in [0.5, 0.6) is 5.75 Å². The lowest BCUT2D eigenvalue weighted by molar-refractivity contribution is 0.111. The van der Waals surface area contributed by atoms with Crippen LogP contribution in [0.3, 0.4) is 0 Å². The van der Waals surface area contributed by atoms with Crippen molar-refractivity contribution < 1.29 is 9.53 Å². The second kappa shape index (κ2) is 8.35. The van der Waals surface area contributed by atoms with Gasteiger partial charge in [-0.2, -0.15) is 0 Å². The molecule has 1 aromatic carbocycles. The molecule has 144 valence electrons. The van der Waals surface area contributed by atoms with Gasteiger partial charge < -0.3 is 9.64 Å². The molecule has 1 aliphatic heterocycles. The van der Waals surface area contributed by atoms with E-state index in [1.54, 1.807) is 17.2 Å². The van der Waals surface area contributed by atoms with Crippen molar-refractivity contribution >= 4 is 17.0 Å². The van der Waals surface area contributed by atoms with Gasteiger partial charge in [0.15, 0.2) is 0 Å². The molecule has 6 heteroatoms. The molecule has 1 saturated heterocycles. The van der Waals surface area contributed by atoms with Gasteiger partial charge in [0.2, 0.25) is 0 Å². The van der Waals surface area contributed by atoms with Crippen LogP contribution in [0.2, 0.25) is 0 Å². The second-order valence-electron chi connectivity index (χ2n) is 7.13. The summed E-state index contributed by atoms with van der Waals surface area (Å²) in [4.78, 5) is 25.4. The monoisotopic (exact) mass is 376 g/mol. The van der Waals surface area contributed by atoms with Crippen molar-refractivity contribution in [3.05, 3.63) is 66.1 Å². The van der Waals surface area contributed by atoms with Gasteiger partial charge in [0.25, 0.3) is 0 Å². The first kappa shape index (κ1) is 18.4. The highest BCUT2D eigenvalue weighted by atomic mass is 16.6. The van der Waals surface area contributed by atoms with Crippen molar-refractivity contribution in [2.75, 3.05) is 32.7 Å². The maximum Gasteiger partial charge on any atom is 0.415 e. The minimum atomic E-state index is -0.296. The predicted octanol–water partition coefficient (Wildman–Crippen LogP) is 3.30. The summed E-state index contributed by atoms with van der Waals surface area (Å²) in [6.45, 7) is 6.04. The summed E-state index contributed by atoms with van der Waals surface area (Å²) in [5, 5.41) is 1.03. The number of carbonyl (C=O) groups excluding carboxylic acids is 1. The van der Waals surface area contributed by atoms with E-state index in [9.17, 15) is 4.79 Å². The molecule has 1 amide bonds. The summed E-state index contributed by atoms with van der Waals surface area (Å²) in [5.74, 6) is 0.532. The van der Waals surface area contributed by atoms with Gasteiger partial charge in [-0.05, 0) is 36.8 Å². The van der Waals surface area contributed by atoms with Crippen LogP contribution < -0.4 is 4.74 Å². The maximum absolute atomic E-state index is 12.5. The molecule has 0 bridgehead atoms. The van der Waals surface area contributed by atoms with E-state index in [1.807, 2.05) is 37.4 Å². The number of rotatable bonds is 4. The minimum Gasteiger partial charge on any atom is -0.410 e. The summed E-state index contributed by atoms with van der Waals surface area (Å²) in [6.07, 6.45) is 4.27. The molecule has 0 aliphatic carbocycles. The number of ether oxygens (including phenoxy) is 1. The number of pyridine rings is 2. The summed E-state index contributed by atoms with van der Waals surface area (Å²) in [7, 11) is 0. The number of amides is 1. The Balaban J connectivity index is 1.26. The van der Waals surface area contributed by atoms with Crippen LogP contribution in [0.15, 0.2) is 54.9 Å². The van der Waals surface area contributed by atoms with Crippen molar-refractivity contribution in [3.8, 4) is 5.75 Å². The van der Waals surface area contributed by atoms with Crippen LogP contribution in [0.4, 0.5) is 4.79 Å². The molecule has 3 heterocycles. The molecule has 0 unspecified atom stereocenters. The quantitative estimate of drug-likeness (QED) is 0.699. The lowest BCUT2D eigenvalue weighted by atomic mass is 10.2. The molecule has 1 aliphatic rings. The van der Waals surface area contributed by atoms with E-state index in [0.29, 0.717) is 18.8 Å². The van der Waals surface area contributed by atoms with E-state index < -0.39 is 0 Å². The fourth-order valence-corrected chi connectivity index (χ4v) is 3.35. The van der Waals surface area contributed by atoms with Gasteiger partial charge in [0.05, 0.1) is 5.52 Å². The third-order valence-electron chi connectivity index (χ3n) is 5.07. The van der Waals surface area contributed by atoms with E-state index in [-0.39, 0.29) is 6.09 Å². The first-order chi connectivity index (χ1) is 13.7. The molecule has 4 rings (SSSR count). The highest BCUT2D eigenvalue weighted by Crippen LogP contribution is 2.19. The Hall–Kier alpha value is -2.99. The lowest BCUT2D eigenvalue weighted by Gasteiger charge is -2.33. The van der Waals surface area contributed by atoms with E-state index in [1.165, 1.54) is 5.56 Å². The fraction of sp³-hybridized carbons (Fsp3) is 0.318. The zero-order valence-corrected chi connectivity index (χ0v) is 16.0. The summed E-state index contributed by atoms with van der Waals surface area (Å²) < 4.78 is 5.56. The molecule has 0 radical (unpaired) electrons. The summed E-state index contributed by atoms with van der Waals surface area (Å²) in [5.41, 5.74) is 3.11. The summed E-state index contributed by atoms with van der Waals surface area (Å²) >= 11 is 0. The Morgan fingerprint density at radius 2 is 1.93 bits per heavy atom. The van der Waals surface area contributed by atoms with Gasteiger partial charge in [-0.1, -0.05) is 12.1 Å². The molecule has 1 fully saturated rings. The van der Waals surface area contributed by atoms with Crippen LogP contribution in [0.25, 0.3) is 10.9 Å². The van der Waals surface area contributed by atoms with Gasteiger partial charge in [0, 0.05) is 68.7 Å². The number of carbonyl (C=O) groups is 1. The van der Waals surface area contributed by atoms with Crippen molar-refractivity contribution in [3.63, 3.8) is 0 Å². The number of piperazine rings is 1. The average molecular weight is 376 g/mol. The molecule has 6 nitrogen and oxygen atoms in total. The smallest absolute Gasteiger partial charge is 0.410 e. The molecule has 0 saturated carbocycles. The lowest BCUT2D eigenvalue weighted by Crippen LogP contribution is -2.49. The number of aromatic nitrogens is 2. The molecule has 0 N–H and O–H groups in total. The Bertz CT molecular complexity index is 950. The summed E-state index contributed by atoms with van der Waals surface area (Å²) in [6, 6.07) is 13.6. The SMILES string of the molecule is Cc1ccc(CCN2CCN(C(=O)Oc3ccc4cccnc4c3)CC2)nc1. The van der Waals surface area contributed by atoms with Gasteiger partial charge in [-0.15, -0.1) is 0 Å². The molecule has 28 heavy (non-hydrogen) atoms. The zero-order valence-electron chi connectivity index (χ0n) is 16.0. The predicted molar refractivity (Wildman–Crippen MR) is 108 cm³/mol. The average Bonchev–Trinajstić information content (AvgIpc) is 2.73. The molecule has 0 atom stereocenters. The van der Waals surface area contributed by atoms with Crippen LogP contribution in [-0.4, -0.2) is 58.6 Å². The van der Waals surface area contributed by atoms with E-state index in [0.717, 1.165) is 42.7 Å². The zero-order chi connectivity index (χ0) is 19.3.